The van der Waals surface area contributed by atoms with Gasteiger partial charge in [-0.25, -0.2) is 8.42 Å². The van der Waals surface area contributed by atoms with E-state index in [2.05, 4.69) is 0 Å². The maximum absolute atomic E-state index is 12.1. The zero-order valence-electron chi connectivity index (χ0n) is 12.4. The third-order valence-electron chi connectivity index (χ3n) is 3.26. The number of nitrogens with zero attached hydrogens (tertiary/aromatic N) is 1. The Morgan fingerprint density at radius 3 is 2.43 bits per heavy atom. The molecule has 0 heterocycles. The van der Waals surface area contributed by atoms with Gasteiger partial charge in [-0.3, -0.25) is 4.79 Å². The van der Waals surface area contributed by atoms with Gasteiger partial charge in [-0.1, -0.05) is 35.9 Å². The minimum Gasteiger partial charge on any atom is -0.338 e. The summed E-state index contributed by atoms with van der Waals surface area (Å²) in [7, 11) is -1.81. The van der Waals surface area contributed by atoms with E-state index < -0.39 is 21.5 Å². The molecule has 0 radical (unpaired) electrons. The molecule has 21 heavy (non-hydrogen) atoms. The molecule has 1 atom stereocenters. The van der Waals surface area contributed by atoms with Gasteiger partial charge in [0, 0.05) is 12.1 Å². The van der Waals surface area contributed by atoms with Crippen molar-refractivity contribution >= 4 is 27.3 Å². The van der Waals surface area contributed by atoms with Gasteiger partial charge >= 0.3 is 0 Å². The van der Waals surface area contributed by atoms with Gasteiger partial charge in [0.1, 0.15) is 5.75 Å². The maximum atomic E-state index is 12.1. The number of amides is 1. The molecule has 0 aromatic heterocycles. The number of rotatable bonds is 6. The lowest BCUT2D eigenvalue weighted by Crippen LogP contribution is -2.35. The second-order valence-corrected chi connectivity index (χ2v) is 7.40. The predicted octanol–water partition coefficient (Wildman–Crippen LogP) is 2.85. The summed E-state index contributed by atoms with van der Waals surface area (Å²) in [6.45, 7) is 3.59. The molecule has 0 spiro atoms. The summed E-state index contributed by atoms with van der Waals surface area (Å²) in [5, 5.41) is 0.619. The highest BCUT2D eigenvalue weighted by Gasteiger charge is 2.22. The third kappa shape index (κ3) is 5.52. The van der Waals surface area contributed by atoms with Crippen molar-refractivity contribution in [1.29, 1.82) is 0 Å². The molecule has 1 amide bonds. The average molecular weight is 330 g/mol. The van der Waals surface area contributed by atoms with Gasteiger partial charge < -0.3 is 4.90 Å². The van der Waals surface area contributed by atoms with E-state index in [0.717, 1.165) is 5.56 Å². The van der Waals surface area contributed by atoms with Crippen LogP contribution in [0.5, 0.6) is 0 Å². The second-order valence-electron chi connectivity index (χ2n) is 4.86. The van der Waals surface area contributed by atoms with Crippen LogP contribution in [0.3, 0.4) is 0 Å². The number of halogens is 1. The van der Waals surface area contributed by atoms with Gasteiger partial charge in [-0.15, -0.1) is 0 Å². The molecule has 0 saturated heterocycles. The molecule has 4 nitrogen and oxygen atoms in total. The van der Waals surface area contributed by atoms with Crippen LogP contribution in [0.4, 0.5) is 0 Å². The number of sulfone groups is 1. The molecule has 0 aliphatic carbocycles. The van der Waals surface area contributed by atoms with Crippen molar-refractivity contribution in [2.45, 2.75) is 19.9 Å². The predicted molar refractivity (Wildman–Crippen MR) is 86.1 cm³/mol. The fourth-order valence-electron chi connectivity index (χ4n) is 1.77. The number of carbonyl (C=O) groups is 1. The molecular formula is C15H20ClNO3S. The van der Waals surface area contributed by atoms with Crippen LogP contribution in [0, 0.1) is 0 Å². The van der Waals surface area contributed by atoms with Crippen LogP contribution in [-0.4, -0.2) is 37.8 Å². The van der Waals surface area contributed by atoms with E-state index in [1.54, 1.807) is 32.2 Å². The first-order valence-electron chi connectivity index (χ1n) is 6.59. The first kappa shape index (κ1) is 17.7. The fraction of sp³-hybridized carbons (Fsp3) is 0.400. The number of benzene rings is 1. The Kier molecular flexibility index (Phi) is 6.42. The Morgan fingerprint density at radius 2 is 1.90 bits per heavy atom. The van der Waals surface area contributed by atoms with Crippen LogP contribution in [0.15, 0.2) is 36.4 Å². The first-order valence-corrected chi connectivity index (χ1v) is 8.79. The fourth-order valence-corrected chi connectivity index (χ4v) is 3.08. The van der Waals surface area contributed by atoms with Crippen molar-refractivity contribution < 1.29 is 13.2 Å². The van der Waals surface area contributed by atoms with Crippen molar-refractivity contribution in [2.75, 3.05) is 18.6 Å². The zero-order chi connectivity index (χ0) is 16.0. The molecule has 0 aliphatic rings. The van der Waals surface area contributed by atoms with Crippen molar-refractivity contribution in [1.82, 2.24) is 4.90 Å². The lowest BCUT2D eigenvalue weighted by Gasteiger charge is -2.25. The van der Waals surface area contributed by atoms with Crippen molar-refractivity contribution in [3.63, 3.8) is 0 Å². The molecule has 0 aliphatic heterocycles. The van der Waals surface area contributed by atoms with Crippen molar-refractivity contribution in [2.24, 2.45) is 0 Å². The molecule has 6 heteroatoms. The van der Waals surface area contributed by atoms with E-state index in [4.69, 9.17) is 11.6 Å². The van der Waals surface area contributed by atoms with E-state index in [1.807, 2.05) is 19.1 Å². The van der Waals surface area contributed by atoms with Gasteiger partial charge in [-0.05, 0) is 31.5 Å². The standard InChI is InChI=1S/C15H20ClNO3S/c1-4-5-10-21(19,20)11-15(18)17(3)12(2)13-6-8-14(16)9-7-13/h4-9,12H,10-11H2,1-3H3. The summed E-state index contributed by atoms with van der Waals surface area (Å²) in [5.74, 6) is -1.01. The Morgan fingerprint density at radius 1 is 1.33 bits per heavy atom. The van der Waals surface area contributed by atoms with Gasteiger partial charge in [0.15, 0.2) is 9.84 Å². The number of allylic oxidation sites excluding steroid dienone is 1. The van der Waals surface area contributed by atoms with E-state index in [-0.39, 0.29) is 11.8 Å². The summed E-state index contributed by atoms with van der Waals surface area (Å²) in [6.07, 6.45) is 3.19. The Labute approximate surface area is 131 Å². The van der Waals surface area contributed by atoms with Crippen LogP contribution in [0.25, 0.3) is 0 Å². The Hall–Kier alpha value is -1.33. The number of carbonyl (C=O) groups excluding carboxylic acids is 1. The van der Waals surface area contributed by atoms with Crippen LogP contribution >= 0.6 is 11.6 Å². The smallest absolute Gasteiger partial charge is 0.238 e. The largest absolute Gasteiger partial charge is 0.338 e. The van der Waals surface area contributed by atoms with Crippen molar-refractivity contribution in [3.8, 4) is 0 Å². The lowest BCUT2D eigenvalue weighted by molar-refractivity contribution is -0.129. The van der Waals surface area contributed by atoms with Gasteiger partial charge in [0.2, 0.25) is 5.91 Å². The normalized spacial score (nSPS) is 13.3. The topological polar surface area (TPSA) is 54.5 Å². The van der Waals surface area contributed by atoms with Gasteiger partial charge in [0.25, 0.3) is 0 Å². The van der Waals surface area contributed by atoms with E-state index in [0.29, 0.717) is 5.02 Å². The lowest BCUT2D eigenvalue weighted by atomic mass is 10.1. The second kappa shape index (κ2) is 7.61. The van der Waals surface area contributed by atoms with Gasteiger partial charge in [0.05, 0.1) is 11.8 Å². The summed E-state index contributed by atoms with van der Waals surface area (Å²) < 4.78 is 23.6. The van der Waals surface area contributed by atoms with Crippen LogP contribution in [0.2, 0.25) is 5.02 Å². The SMILES string of the molecule is CC=CCS(=O)(=O)CC(=O)N(C)C(C)c1ccc(Cl)cc1. The quantitative estimate of drug-likeness (QED) is 0.754. The Balaban J connectivity index is 2.76. The highest BCUT2D eigenvalue weighted by Crippen LogP contribution is 2.21. The number of hydrogen-bond donors (Lipinski definition) is 0. The molecule has 1 unspecified atom stereocenters. The minimum absolute atomic E-state index is 0.113. The zero-order valence-corrected chi connectivity index (χ0v) is 14.0. The molecular weight excluding hydrogens is 310 g/mol. The van der Waals surface area contributed by atoms with E-state index >= 15 is 0 Å². The monoisotopic (exact) mass is 329 g/mol. The van der Waals surface area contributed by atoms with Gasteiger partial charge in [-0.2, -0.15) is 0 Å². The molecule has 0 saturated carbocycles. The summed E-state index contributed by atoms with van der Waals surface area (Å²) in [4.78, 5) is 13.5. The number of hydrogen-bond acceptors (Lipinski definition) is 3. The molecule has 1 rings (SSSR count). The minimum atomic E-state index is -3.41. The molecule has 1 aromatic carbocycles. The molecule has 1 aromatic rings. The summed E-state index contributed by atoms with van der Waals surface area (Å²) in [6, 6.07) is 6.92. The highest BCUT2D eigenvalue weighted by molar-refractivity contribution is 7.92. The van der Waals surface area contributed by atoms with Crippen molar-refractivity contribution in [3.05, 3.63) is 47.0 Å². The van der Waals surface area contributed by atoms with E-state index in [9.17, 15) is 13.2 Å². The maximum Gasteiger partial charge on any atom is 0.238 e. The first-order chi connectivity index (χ1) is 9.76. The van der Waals surface area contributed by atoms with Crippen LogP contribution in [0.1, 0.15) is 25.5 Å². The Bertz CT molecular complexity index is 608. The molecule has 0 N–H and O–H groups in total. The summed E-state index contributed by atoms with van der Waals surface area (Å²) >= 11 is 5.83. The average Bonchev–Trinajstić information content (AvgIpc) is 2.44. The molecule has 0 bridgehead atoms. The van der Waals surface area contributed by atoms with E-state index in [1.165, 1.54) is 11.0 Å². The van der Waals surface area contributed by atoms with Crippen LogP contribution < -0.4 is 0 Å². The summed E-state index contributed by atoms with van der Waals surface area (Å²) in [5.41, 5.74) is 0.904. The van der Waals surface area contributed by atoms with Crippen LogP contribution in [-0.2, 0) is 14.6 Å². The molecule has 0 fully saturated rings. The highest BCUT2D eigenvalue weighted by atomic mass is 35.5. The molecule has 116 valence electrons. The third-order valence-corrected chi connectivity index (χ3v) is 4.90.